The molecule has 228 valence electrons. The highest BCUT2D eigenvalue weighted by atomic mass is 19.1. The molecule has 44 heavy (non-hydrogen) atoms. The number of aryl methyl sites for hydroxylation is 1. The van der Waals surface area contributed by atoms with Crippen molar-refractivity contribution >= 4 is 28.4 Å². The zero-order chi connectivity index (χ0) is 31.2. The second kappa shape index (κ2) is 11.4. The van der Waals surface area contributed by atoms with Crippen LogP contribution in [-0.2, 0) is 16.6 Å². The molecule has 4 aromatic rings. The quantitative estimate of drug-likeness (QED) is 0.324. The molecule has 1 saturated heterocycles. The normalized spacial score (nSPS) is 15.5. The number of carbonyl (C=O) groups excluding carboxylic acids is 1. The molecule has 0 radical (unpaired) electrons. The van der Waals surface area contributed by atoms with Gasteiger partial charge in [0.2, 0.25) is 5.91 Å². The minimum Gasteiger partial charge on any atom is -0.384 e. The standard InChI is InChI=1S/C33H35F2N7O2/c1-5-25(43)40-15-17-41(18-16-40)30-21-19-23(35)27-26-22(34)10-8-11-24(26)36-13-7-6-9-20-12-14-37-29(33(2,3)4)28(20)42(31(21)38-27)32(44)39-30/h5,8,10-12,14,19,36H,1,6-7,9,13,15-18H2,2-4H3. The van der Waals surface area contributed by atoms with Crippen molar-refractivity contribution < 1.29 is 13.6 Å². The molecule has 1 fully saturated rings. The smallest absolute Gasteiger partial charge is 0.355 e. The predicted molar refractivity (Wildman–Crippen MR) is 167 cm³/mol. The van der Waals surface area contributed by atoms with Crippen molar-refractivity contribution in [3.63, 3.8) is 0 Å². The maximum absolute atomic E-state index is 16.2. The van der Waals surface area contributed by atoms with Gasteiger partial charge in [0.05, 0.1) is 22.3 Å². The number of aromatic nitrogens is 4. The van der Waals surface area contributed by atoms with Crippen molar-refractivity contribution in [1.29, 1.82) is 0 Å². The molecule has 0 aliphatic carbocycles. The Morgan fingerprint density at radius 3 is 2.55 bits per heavy atom. The molecule has 9 nitrogen and oxygen atoms in total. The number of pyridine rings is 2. The maximum atomic E-state index is 16.2. The van der Waals surface area contributed by atoms with E-state index in [1.807, 2.05) is 31.7 Å². The zero-order valence-electron chi connectivity index (χ0n) is 25.2. The highest BCUT2D eigenvalue weighted by Crippen LogP contribution is 2.37. The summed E-state index contributed by atoms with van der Waals surface area (Å²) < 4.78 is 33.1. The number of hydrogen-bond donors (Lipinski definition) is 1. The van der Waals surface area contributed by atoms with Crippen molar-refractivity contribution in [3.8, 4) is 16.9 Å². The molecular weight excluding hydrogens is 564 g/mol. The summed E-state index contributed by atoms with van der Waals surface area (Å²) in [5.74, 6) is -1.28. The fraction of sp³-hybridized carbons (Fsp3) is 0.364. The first kappa shape index (κ1) is 29.4. The summed E-state index contributed by atoms with van der Waals surface area (Å²) in [6.45, 7) is 11.7. The first-order chi connectivity index (χ1) is 21.1. The molecule has 0 unspecified atom stereocenters. The third-order valence-electron chi connectivity index (χ3n) is 8.25. The number of carbonyl (C=O) groups is 1. The highest BCUT2D eigenvalue weighted by Gasteiger charge is 2.30. The first-order valence-corrected chi connectivity index (χ1v) is 14.9. The number of benzene rings is 1. The number of fused-ring (bicyclic) bond motifs is 5. The lowest BCUT2D eigenvalue weighted by molar-refractivity contribution is -0.126. The van der Waals surface area contributed by atoms with Gasteiger partial charge < -0.3 is 15.1 Å². The number of piperazine rings is 1. The highest BCUT2D eigenvalue weighted by molar-refractivity contribution is 5.92. The molecule has 1 amide bonds. The van der Waals surface area contributed by atoms with E-state index in [-0.39, 0.29) is 28.6 Å². The lowest BCUT2D eigenvalue weighted by atomic mass is 9.88. The Labute approximate surface area is 254 Å². The van der Waals surface area contributed by atoms with Gasteiger partial charge in [0.15, 0.2) is 11.5 Å². The van der Waals surface area contributed by atoms with E-state index in [0.717, 1.165) is 18.4 Å². The monoisotopic (exact) mass is 599 g/mol. The zero-order valence-corrected chi connectivity index (χ0v) is 25.2. The summed E-state index contributed by atoms with van der Waals surface area (Å²) in [6, 6.07) is 7.74. The van der Waals surface area contributed by atoms with Crippen molar-refractivity contribution in [2.45, 2.75) is 45.4 Å². The Balaban J connectivity index is 1.68. The Bertz CT molecular complexity index is 1840. The predicted octanol–water partition coefficient (Wildman–Crippen LogP) is 5.00. The Morgan fingerprint density at radius 2 is 1.82 bits per heavy atom. The van der Waals surface area contributed by atoms with E-state index in [2.05, 4.69) is 16.9 Å². The lowest BCUT2D eigenvalue weighted by Crippen LogP contribution is -2.49. The number of hydrogen-bond acceptors (Lipinski definition) is 7. The van der Waals surface area contributed by atoms with Crippen molar-refractivity contribution in [1.82, 2.24) is 24.4 Å². The average Bonchev–Trinajstić information content (AvgIpc) is 3.01. The van der Waals surface area contributed by atoms with Gasteiger partial charge >= 0.3 is 5.69 Å². The molecule has 1 aromatic carbocycles. The fourth-order valence-corrected chi connectivity index (χ4v) is 6.06. The van der Waals surface area contributed by atoms with Gasteiger partial charge in [0.25, 0.3) is 0 Å². The van der Waals surface area contributed by atoms with Crippen molar-refractivity contribution in [2.75, 3.05) is 42.9 Å². The first-order valence-electron chi connectivity index (χ1n) is 14.9. The van der Waals surface area contributed by atoms with Gasteiger partial charge in [0, 0.05) is 50.0 Å². The van der Waals surface area contributed by atoms with E-state index in [1.54, 1.807) is 23.2 Å². The molecule has 2 bridgehead atoms. The Kier molecular flexibility index (Phi) is 7.65. The van der Waals surface area contributed by atoms with Gasteiger partial charge in [0.1, 0.15) is 17.3 Å². The summed E-state index contributed by atoms with van der Waals surface area (Å²) in [5.41, 5.74) is 1.48. The molecule has 0 saturated carbocycles. The lowest BCUT2D eigenvalue weighted by Gasteiger charge is -2.35. The van der Waals surface area contributed by atoms with Crippen molar-refractivity contribution in [2.24, 2.45) is 0 Å². The number of amides is 1. The van der Waals surface area contributed by atoms with Gasteiger partial charge in [-0.3, -0.25) is 9.78 Å². The van der Waals surface area contributed by atoms with Gasteiger partial charge in [-0.2, -0.15) is 4.98 Å². The summed E-state index contributed by atoms with van der Waals surface area (Å²) in [5, 5.41) is 3.58. The van der Waals surface area contributed by atoms with Crippen LogP contribution >= 0.6 is 0 Å². The summed E-state index contributed by atoms with van der Waals surface area (Å²) >= 11 is 0. The summed E-state index contributed by atoms with van der Waals surface area (Å²) in [6.07, 6.45) is 5.22. The van der Waals surface area contributed by atoms with Gasteiger partial charge in [-0.15, -0.1) is 0 Å². The van der Waals surface area contributed by atoms with E-state index in [0.29, 0.717) is 61.6 Å². The molecule has 0 atom stereocenters. The van der Waals surface area contributed by atoms with Crippen LogP contribution < -0.4 is 15.9 Å². The van der Waals surface area contributed by atoms with E-state index in [4.69, 9.17) is 9.97 Å². The van der Waals surface area contributed by atoms with Crippen LogP contribution in [0.2, 0.25) is 0 Å². The SMILES string of the molecule is C=CC(=O)N1CCN(c2nc(=O)n3c4nc(c(F)cc24)-c2c(F)cccc2NCCCCc2ccnc(C(C)(C)C)c2-3)CC1. The van der Waals surface area contributed by atoms with E-state index in [1.165, 1.54) is 22.8 Å². The van der Waals surface area contributed by atoms with E-state index >= 15 is 8.78 Å². The van der Waals surface area contributed by atoms with Gasteiger partial charge in [-0.1, -0.05) is 33.4 Å². The van der Waals surface area contributed by atoms with E-state index in [9.17, 15) is 9.59 Å². The number of anilines is 2. The molecule has 2 aliphatic heterocycles. The average molecular weight is 600 g/mol. The van der Waals surface area contributed by atoms with Crippen LogP contribution in [0.4, 0.5) is 20.3 Å². The summed E-state index contributed by atoms with van der Waals surface area (Å²) in [4.78, 5) is 43.9. The van der Waals surface area contributed by atoms with E-state index < -0.39 is 22.7 Å². The van der Waals surface area contributed by atoms with Crippen LogP contribution in [0.15, 0.2) is 54.0 Å². The van der Waals surface area contributed by atoms with Crippen LogP contribution in [-0.4, -0.2) is 63.0 Å². The third kappa shape index (κ3) is 5.20. The van der Waals surface area contributed by atoms with Crippen LogP contribution in [0.5, 0.6) is 0 Å². The van der Waals surface area contributed by atoms with Crippen LogP contribution in [0.3, 0.4) is 0 Å². The number of nitrogens with zero attached hydrogens (tertiary/aromatic N) is 6. The molecule has 1 N–H and O–H groups in total. The second-order valence-electron chi connectivity index (χ2n) is 12.2. The largest absolute Gasteiger partial charge is 0.384 e. The van der Waals surface area contributed by atoms with Gasteiger partial charge in [-0.05, 0) is 55.2 Å². The third-order valence-corrected chi connectivity index (χ3v) is 8.25. The molecule has 5 heterocycles. The number of nitrogens with one attached hydrogen (secondary N) is 1. The Morgan fingerprint density at radius 1 is 1.05 bits per heavy atom. The van der Waals surface area contributed by atoms with Crippen LogP contribution in [0, 0.1) is 11.6 Å². The maximum Gasteiger partial charge on any atom is 0.355 e. The Hall–Kier alpha value is -4.67. The summed E-state index contributed by atoms with van der Waals surface area (Å²) in [7, 11) is 0. The minimum atomic E-state index is -0.739. The molecule has 2 aliphatic rings. The molecule has 6 rings (SSSR count). The van der Waals surface area contributed by atoms with Crippen LogP contribution in [0.25, 0.3) is 28.0 Å². The molecule has 0 spiro atoms. The minimum absolute atomic E-state index is 0.00233. The second-order valence-corrected chi connectivity index (χ2v) is 12.2. The molecular formula is C33H35F2N7O2. The fourth-order valence-electron chi connectivity index (χ4n) is 6.06. The van der Waals surface area contributed by atoms with Crippen LogP contribution in [0.1, 0.15) is 44.9 Å². The van der Waals surface area contributed by atoms with Gasteiger partial charge in [-0.25, -0.2) is 23.1 Å². The van der Waals surface area contributed by atoms with Crippen molar-refractivity contribution in [3.05, 3.63) is 82.6 Å². The topological polar surface area (TPSA) is 96.3 Å². The molecule has 11 heteroatoms. The number of rotatable bonds is 2. The molecule has 3 aromatic heterocycles. The number of halogens is 2.